The molecule has 0 saturated carbocycles. The largest absolute Gasteiger partial charge is 0.339 e. The average Bonchev–Trinajstić information content (AvgIpc) is 3.36. The summed E-state index contributed by atoms with van der Waals surface area (Å²) >= 11 is 9.51. The zero-order chi connectivity index (χ0) is 22.7. The van der Waals surface area contributed by atoms with E-state index in [1.807, 2.05) is 17.0 Å². The third-order valence-electron chi connectivity index (χ3n) is 6.69. The summed E-state index contributed by atoms with van der Waals surface area (Å²) in [4.78, 5) is 28.5. The van der Waals surface area contributed by atoms with E-state index in [-0.39, 0.29) is 5.92 Å². The van der Waals surface area contributed by atoms with E-state index in [0.717, 1.165) is 64.3 Å². The fraction of sp³-hybridized carbons (Fsp3) is 0.409. The Bertz CT molecular complexity index is 1380. The highest BCUT2D eigenvalue weighted by atomic mass is 35.5. The monoisotopic (exact) mass is 499 g/mol. The van der Waals surface area contributed by atoms with Crippen molar-refractivity contribution >= 4 is 72.3 Å². The standard InChI is InChI=1S/C22H22ClN7OS2/c1-29(2)12-8-30(9-12)22(31)11-3-4-13-17(5-11)32-21-19(13)20(24-10-25-21)26-15-7-18-16(6-14(15)23)27-28-33-18/h6-7,10-12H,3-5,8-9H2,1-2H3,(H,24,25,26)/t11-/m0/s1. The van der Waals surface area contributed by atoms with Crippen LogP contribution in [-0.2, 0) is 17.6 Å². The van der Waals surface area contributed by atoms with Crippen molar-refractivity contribution in [1.29, 1.82) is 0 Å². The molecule has 3 aromatic heterocycles. The number of aromatic nitrogens is 4. The molecule has 1 aromatic carbocycles. The number of aryl methyl sites for hydroxylation is 1. The molecule has 0 unspecified atom stereocenters. The van der Waals surface area contributed by atoms with E-state index in [9.17, 15) is 4.79 Å². The maximum Gasteiger partial charge on any atom is 0.226 e. The van der Waals surface area contributed by atoms with E-state index in [2.05, 4.69) is 43.9 Å². The smallest absolute Gasteiger partial charge is 0.226 e. The molecule has 1 saturated heterocycles. The normalized spacial score (nSPS) is 18.7. The van der Waals surface area contributed by atoms with Crippen molar-refractivity contribution in [3.05, 3.63) is 33.9 Å². The van der Waals surface area contributed by atoms with E-state index in [1.54, 1.807) is 17.7 Å². The first kappa shape index (κ1) is 21.2. The summed E-state index contributed by atoms with van der Waals surface area (Å²) in [5.74, 6) is 1.09. The number of carbonyl (C=O) groups excluding carboxylic acids is 1. The molecule has 2 aliphatic rings. The van der Waals surface area contributed by atoms with Crippen molar-refractivity contribution in [1.82, 2.24) is 29.4 Å². The summed E-state index contributed by atoms with van der Waals surface area (Å²) in [6.45, 7) is 1.67. The summed E-state index contributed by atoms with van der Waals surface area (Å²) in [6, 6.07) is 4.25. The Hall–Kier alpha value is -2.40. The van der Waals surface area contributed by atoms with Crippen molar-refractivity contribution in [2.45, 2.75) is 25.3 Å². The third kappa shape index (κ3) is 3.65. The number of fused-ring (bicyclic) bond motifs is 4. The number of carbonyl (C=O) groups is 1. The number of anilines is 2. The minimum absolute atomic E-state index is 0.0497. The summed E-state index contributed by atoms with van der Waals surface area (Å²) in [5.41, 5.74) is 2.81. The average molecular weight is 500 g/mol. The molecule has 11 heteroatoms. The van der Waals surface area contributed by atoms with Crippen LogP contribution in [0.5, 0.6) is 0 Å². The minimum atomic E-state index is 0.0497. The molecule has 1 N–H and O–H groups in total. The van der Waals surface area contributed by atoms with Gasteiger partial charge in [-0.2, -0.15) is 0 Å². The van der Waals surface area contributed by atoms with E-state index in [4.69, 9.17) is 11.6 Å². The Morgan fingerprint density at radius 1 is 1.27 bits per heavy atom. The zero-order valence-electron chi connectivity index (χ0n) is 18.2. The molecule has 4 heterocycles. The molecule has 1 aliphatic heterocycles. The van der Waals surface area contributed by atoms with Crippen LogP contribution in [0, 0.1) is 5.92 Å². The van der Waals surface area contributed by atoms with Gasteiger partial charge in [0, 0.05) is 29.9 Å². The number of hydrogen-bond donors (Lipinski definition) is 1. The number of benzene rings is 1. The second-order valence-corrected chi connectivity index (χ2v) is 11.2. The summed E-state index contributed by atoms with van der Waals surface area (Å²) in [6.07, 6.45) is 4.06. The van der Waals surface area contributed by atoms with E-state index >= 15 is 0 Å². The first-order valence-corrected chi connectivity index (χ1v) is 12.8. The van der Waals surface area contributed by atoms with Crippen molar-refractivity contribution in [3.63, 3.8) is 0 Å². The second kappa shape index (κ2) is 8.12. The number of amides is 1. The predicted molar refractivity (Wildman–Crippen MR) is 133 cm³/mol. The number of thiophene rings is 1. The lowest BCUT2D eigenvalue weighted by Gasteiger charge is -2.44. The first-order valence-electron chi connectivity index (χ1n) is 10.9. The summed E-state index contributed by atoms with van der Waals surface area (Å²) < 4.78 is 4.96. The molecule has 0 radical (unpaired) electrons. The van der Waals surface area contributed by atoms with Gasteiger partial charge in [-0.1, -0.05) is 16.1 Å². The second-order valence-electron chi connectivity index (χ2n) is 8.90. The minimum Gasteiger partial charge on any atom is -0.339 e. The Balaban J connectivity index is 1.27. The third-order valence-corrected chi connectivity index (χ3v) is 8.85. The van der Waals surface area contributed by atoms with Crippen LogP contribution in [0.4, 0.5) is 11.5 Å². The molecule has 0 bridgehead atoms. The van der Waals surface area contributed by atoms with Gasteiger partial charge in [-0.3, -0.25) is 4.79 Å². The highest BCUT2D eigenvalue weighted by Gasteiger charge is 2.37. The van der Waals surface area contributed by atoms with Gasteiger partial charge in [0.05, 0.1) is 20.8 Å². The molecule has 8 nitrogen and oxygen atoms in total. The van der Waals surface area contributed by atoms with Gasteiger partial charge in [-0.05, 0) is 62.6 Å². The molecule has 4 aromatic rings. The molecule has 1 aliphatic carbocycles. The van der Waals surface area contributed by atoms with Gasteiger partial charge in [0.15, 0.2) is 0 Å². The molecule has 0 spiro atoms. The maximum absolute atomic E-state index is 13.1. The molecule has 1 amide bonds. The number of likely N-dealkylation sites (N-methyl/N-ethyl adjacent to an activating group) is 1. The van der Waals surface area contributed by atoms with Gasteiger partial charge in [-0.15, -0.1) is 16.4 Å². The van der Waals surface area contributed by atoms with Gasteiger partial charge in [0.25, 0.3) is 0 Å². The van der Waals surface area contributed by atoms with Crippen LogP contribution < -0.4 is 5.32 Å². The zero-order valence-corrected chi connectivity index (χ0v) is 20.6. The Kier molecular flexibility index (Phi) is 5.21. The lowest BCUT2D eigenvalue weighted by atomic mass is 9.86. The van der Waals surface area contributed by atoms with Crippen LogP contribution in [0.15, 0.2) is 18.5 Å². The van der Waals surface area contributed by atoms with Crippen molar-refractivity contribution in [2.75, 3.05) is 32.5 Å². The van der Waals surface area contributed by atoms with E-state index < -0.39 is 0 Å². The highest BCUT2D eigenvalue weighted by Crippen LogP contribution is 2.42. The SMILES string of the molecule is CN(C)C1CN(C(=O)[C@H]2CCc3c(sc4ncnc(Nc5cc6snnc6cc5Cl)c34)C2)C1. The maximum atomic E-state index is 13.1. The van der Waals surface area contributed by atoms with Crippen LogP contribution in [0.3, 0.4) is 0 Å². The molecule has 170 valence electrons. The van der Waals surface area contributed by atoms with Crippen molar-refractivity contribution in [3.8, 4) is 0 Å². The van der Waals surface area contributed by atoms with Gasteiger partial charge in [0.2, 0.25) is 5.91 Å². The Morgan fingerprint density at radius 2 is 2.12 bits per heavy atom. The van der Waals surface area contributed by atoms with Crippen LogP contribution in [0.2, 0.25) is 5.02 Å². The van der Waals surface area contributed by atoms with Gasteiger partial charge in [0.1, 0.15) is 22.5 Å². The lowest BCUT2D eigenvalue weighted by Crippen LogP contribution is -2.60. The number of nitrogens with zero attached hydrogens (tertiary/aromatic N) is 6. The van der Waals surface area contributed by atoms with Crippen LogP contribution in [-0.4, -0.2) is 68.5 Å². The lowest BCUT2D eigenvalue weighted by molar-refractivity contribution is -0.142. The number of nitrogens with one attached hydrogen (secondary N) is 1. The molecule has 1 atom stereocenters. The van der Waals surface area contributed by atoms with E-state index in [1.165, 1.54) is 22.0 Å². The fourth-order valence-corrected chi connectivity index (χ4v) is 6.71. The Morgan fingerprint density at radius 3 is 2.94 bits per heavy atom. The van der Waals surface area contributed by atoms with Crippen LogP contribution >= 0.6 is 34.5 Å². The quantitative estimate of drug-likeness (QED) is 0.454. The number of halogens is 1. The fourth-order valence-electron chi connectivity index (χ4n) is 4.66. The van der Waals surface area contributed by atoms with Crippen LogP contribution in [0.1, 0.15) is 16.9 Å². The summed E-state index contributed by atoms with van der Waals surface area (Å²) in [7, 11) is 4.14. The number of rotatable bonds is 4. The molecule has 6 rings (SSSR count). The van der Waals surface area contributed by atoms with Gasteiger partial charge in [-0.25, -0.2) is 9.97 Å². The van der Waals surface area contributed by atoms with Crippen molar-refractivity contribution in [2.24, 2.45) is 5.92 Å². The number of hydrogen-bond acceptors (Lipinski definition) is 9. The molecule has 1 fully saturated rings. The Labute approximate surface area is 203 Å². The predicted octanol–water partition coefficient (Wildman–Crippen LogP) is 3.97. The topological polar surface area (TPSA) is 87.1 Å². The molecule has 33 heavy (non-hydrogen) atoms. The van der Waals surface area contributed by atoms with Gasteiger partial charge >= 0.3 is 0 Å². The van der Waals surface area contributed by atoms with Crippen LogP contribution in [0.25, 0.3) is 20.4 Å². The number of likely N-dealkylation sites (tertiary alicyclic amines) is 1. The first-order chi connectivity index (χ1) is 16.0. The molecular formula is C22H22ClN7OS2. The summed E-state index contributed by atoms with van der Waals surface area (Å²) in [5, 5.41) is 9.11. The highest BCUT2D eigenvalue weighted by molar-refractivity contribution is 7.19. The van der Waals surface area contributed by atoms with E-state index in [0.29, 0.717) is 17.0 Å². The van der Waals surface area contributed by atoms with Gasteiger partial charge < -0.3 is 15.1 Å². The van der Waals surface area contributed by atoms with Crippen molar-refractivity contribution < 1.29 is 4.79 Å². The molecular weight excluding hydrogens is 478 g/mol.